The smallest absolute Gasteiger partial charge is 0.404 e. The zero-order chi connectivity index (χ0) is 15.9. The summed E-state index contributed by atoms with van der Waals surface area (Å²) in [6.45, 7) is 0.433. The zero-order valence-electron chi connectivity index (χ0n) is 11.6. The average molecular weight is 323 g/mol. The van der Waals surface area contributed by atoms with Crippen LogP contribution in [0.4, 0.5) is 10.6 Å². The molecule has 8 heteroatoms. The maximum Gasteiger partial charge on any atom is 0.404 e. The van der Waals surface area contributed by atoms with E-state index in [-0.39, 0.29) is 30.0 Å². The lowest BCUT2D eigenvalue weighted by atomic mass is 10.00. The summed E-state index contributed by atoms with van der Waals surface area (Å²) in [5.74, 6) is 0.266. The molecule has 4 N–H and O–H groups in total. The Morgan fingerprint density at radius 3 is 2.77 bits per heavy atom. The van der Waals surface area contributed by atoms with Crippen LogP contribution >= 0.6 is 11.6 Å². The van der Waals surface area contributed by atoms with Gasteiger partial charge >= 0.3 is 6.09 Å². The minimum atomic E-state index is -1.09. The van der Waals surface area contributed by atoms with Crippen molar-refractivity contribution in [3.05, 3.63) is 47.1 Å². The van der Waals surface area contributed by atoms with Gasteiger partial charge in [-0.1, -0.05) is 41.9 Å². The quantitative estimate of drug-likeness (QED) is 0.751. The molecule has 1 heterocycles. The fraction of sp³-hybridized carbons (Fsp3) is 0.214. The van der Waals surface area contributed by atoms with E-state index in [1.165, 1.54) is 6.07 Å². The molecule has 0 saturated carbocycles. The molecular weight excluding hydrogens is 308 g/mol. The van der Waals surface area contributed by atoms with E-state index >= 15 is 0 Å². The highest BCUT2D eigenvalue weighted by atomic mass is 35.5. The lowest BCUT2D eigenvalue weighted by molar-refractivity contribution is 0.191. The Hall–Kier alpha value is -2.54. The Morgan fingerprint density at radius 1 is 1.36 bits per heavy atom. The van der Waals surface area contributed by atoms with Crippen molar-refractivity contribution in [1.82, 2.24) is 15.5 Å². The summed E-state index contributed by atoms with van der Waals surface area (Å²) in [6.07, 6.45) is -1.09. The Kier molecular flexibility index (Phi) is 5.37. The Bertz CT molecular complexity index is 639. The van der Waals surface area contributed by atoms with Crippen molar-refractivity contribution in [1.29, 1.82) is 0 Å². The first kappa shape index (κ1) is 15.8. The van der Waals surface area contributed by atoms with Crippen molar-refractivity contribution >= 4 is 23.5 Å². The molecule has 0 radical (unpaired) electrons. The van der Waals surface area contributed by atoms with Gasteiger partial charge in [0.15, 0.2) is 16.7 Å². The number of nitrogens with zero attached hydrogens (tertiary/aromatic N) is 2. The predicted molar refractivity (Wildman–Crippen MR) is 82.2 cm³/mol. The number of anilines is 1. The summed E-state index contributed by atoms with van der Waals surface area (Å²) in [7, 11) is 0. The number of hydrogen-bond acceptors (Lipinski definition) is 5. The predicted octanol–water partition coefficient (Wildman–Crippen LogP) is 2.14. The van der Waals surface area contributed by atoms with Gasteiger partial charge in [-0.2, -0.15) is 0 Å². The molecule has 1 amide bonds. The van der Waals surface area contributed by atoms with Crippen LogP contribution in [0.15, 0.2) is 36.4 Å². The molecule has 7 nitrogen and oxygen atoms in total. The Morgan fingerprint density at radius 2 is 2.09 bits per heavy atom. The van der Waals surface area contributed by atoms with E-state index in [2.05, 4.69) is 15.5 Å². The van der Waals surface area contributed by atoms with Gasteiger partial charge in [0, 0.05) is 18.5 Å². The maximum absolute atomic E-state index is 10.7. The van der Waals surface area contributed by atoms with Gasteiger partial charge in [-0.25, -0.2) is 4.79 Å². The van der Waals surface area contributed by atoms with Gasteiger partial charge < -0.3 is 20.9 Å². The first-order valence-corrected chi connectivity index (χ1v) is 6.87. The summed E-state index contributed by atoms with van der Waals surface area (Å²) < 4.78 is 5.62. The van der Waals surface area contributed by atoms with E-state index in [9.17, 15) is 4.79 Å². The van der Waals surface area contributed by atoms with E-state index in [0.717, 1.165) is 5.56 Å². The van der Waals surface area contributed by atoms with Gasteiger partial charge in [-0.05, 0) is 5.56 Å². The fourth-order valence-electron chi connectivity index (χ4n) is 1.88. The SMILES string of the molecule is Nc1nnc(Cl)cc1OCC(CNC(=O)O)c1ccccc1. The molecule has 116 valence electrons. The largest absolute Gasteiger partial charge is 0.489 e. The van der Waals surface area contributed by atoms with Crippen molar-refractivity contribution in [2.75, 3.05) is 18.9 Å². The summed E-state index contributed by atoms with van der Waals surface area (Å²) >= 11 is 5.75. The highest BCUT2D eigenvalue weighted by molar-refractivity contribution is 6.29. The number of aromatic nitrogens is 2. The molecule has 1 aromatic heterocycles. The lowest BCUT2D eigenvalue weighted by Gasteiger charge is -2.18. The van der Waals surface area contributed by atoms with Crippen LogP contribution in [0.25, 0.3) is 0 Å². The standard InChI is InChI=1S/C14H15ClN4O3/c15-12-6-11(13(16)19-18-12)22-8-10(7-17-14(20)21)9-4-2-1-3-5-9/h1-6,10,17H,7-8H2,(H2,16,19)(H,20,21). The molecule has 2 aromatic rings. The second kappa shape index (κ2) is 7.46. The van der Waals surface area contributed by atoms with Crippen molar-refractivity contribution in [3.8, 4) is 5.75 Å². The number of rotatable bonds is 6. The van der Waals surface area contributed by atoms with Crippen LogP contribution in [0.1, 0.15) is 11.5 Å². The first-order chi connectivity index (χ1) is 10.6. The molecule has 0 saturated heterocycles. The Balaban J connectivity index is 2.09. The number of halogens is 1. The number of nitrogens with one attached hydrogen (secondary N) is 1. The third kappa shape index (κ3) is 4.49. The third-order valence-corrected chi connectivity index (χ3v) is 3.15. The van der Waals surface area contributed by atoms with Gasteiger partial charge in [-0.3, -0.25) is 0 Å². The van der Waals surface area contributed by atoms with E-state index in [1.807, 2.05) is 30.3 Å². The Labute approximate surface area is 132 Å². The van der Waals surface area contributed by atoms with Crippen LogP contribution in [0, 0.1) is 0 Å². The summed E-state index contributed by atoms with van der Waals surface area (Å²) in [4.78, 5) is 10.7. The van der Waals surface area contributed by atoms with Gasteiger partial charge in [0.2, 0.25) is 0 Å². The molecule has 1 atom stereocenters. The molecular formula is C14H15ClN4O3. The first-order valence-electron chi connectivity index (χ1n) is 6.49. The second-order valence-corrected chi connectivity index (χ2v) is 4.91. The van der Waals surface area contributed by atoms with Crippen molar-refractivity contribution < 1.29 is 14.6 Å². The van der Waals surface area contributed by atoms with Gasteiger partial charge in [-0.15, -0.1) is 10.2 Å². The number of nitrogens with two attached hydrogens (primary N) is 1. The molecule has 0 spiro atoms. The maximum atomic E-state index is 10.7. The number of hydrogen-bond donors (Lipinski definition) is 3. The molecule has 1 unspecified atom stereocenters. The normalized spacial score (nSPS) is 11.7. The summed E-state index contributed by atoms with van der Waals surface area (Å²) in [5.41, 5.74) is 6.62. The van der Waals surface area contributed by atoms with Crippen LogP contribution in [0.2, 0.25) is 5.15 Å². The third-order valence-electron chi connectivity index (χ3n) is 2.97. The van der Waals surface area contributed by atoms with Crippen LogP contribution in [0.5, 0.6) is 5.75 Å². The van der Waals surface area contributed by atoms with Crippen molar-refractivity contribution in [2.45, 2.75) is 5.92 Å². The average Bonchev–Trinajstić information content (AvgIpc) is 2.51. The highest BCUT2D eigenvalue weighted by Crippen LogP contribution is 2.23. The van der Waals surface area contributed by atoms with Crippen molar-refractivity contribution in [3.63, 3.8) is 0 Å². The van der Waals surface area contributed by atoms with Crippen LogP contribution in [0.3, 0.4) is 0 Å². The highest BCUT2D eigenvalue weighted by Gasteiger charge is 2.15. The molecule has 0 fully saturated rings. The molecule has 2 rings (SSSR count). The number of benzene rings is 1. The number of ether oxygens (including phenoxy) is 1. The minimum Gasteiger partial charge on any atom is -0.489 e. The van der Waals surface area contributed by atoms with E-state index < -0.39 is 6.09 Å². The number of amides is 1. The van der Waals surface area contributed by atoms with E-state index in [0.29, 0.717) is 5.75 Å². The fourth-order valence-corrected chi connectivity index (χ4v) is 2.01. The zero-order valence-corrected chi connectivity index (χ0v) is 12.3. The monoisotopic (exact) mass is 322 g/mol. The van der Waals surface area contributed by atoms with E-state index in [1.54, 1.807) is 0 Å². The summed E-state index contributed by atoms with van der Waals surface area (Å²) in [6, 6.07) is 10.9. The van der Waals surface area contributed by atoms with Crippen LogP contribution in [-0.2, 0) is 0 Å². The number of carbonyl (C=O) groups is 1. The molecule has 0 aliphatic carbocycles. The van der Waals surface area contributed by atoms with E-state index in [4.69, 9.17) is 27.2 Å². The lowest BCUT2D eigenvalue weighted by Crippen LogP contribution is -2.29. The topological polar surface area (TPSA) is 110 Å². The number of nitrogen functional groups attached to an aromatic ring is 1. The van der Waals surface area contributed by atoms with Gasteiger partial charge in [0.05, 0.1) is 6.61 Å². The minimum absolute atomic E-state index is 0.127. The molecule has 22 heavy (non-hydrogen) atoms. The van der Waals surface area contributed by atoms with Gasteiger partial charge in [0.1, 0.15) is 0 Å². The van der Waals surface area contributed by atoms with Crippen LogP contribution in [-0.4, -0.2) is 34.5 Å². The molecule has 1 aromatic carbocycles. The van der Waals surface area contributed by atoms with Crippen molar-refractivity contribution in [2.24, 2.45) is 0 Å². The molecule has 0 bridgehead atoms. The van der Waals surface area contributed by atoms with Gasteiger partial charge in [0.25, 0.3) is 0 Å². The second-order valence-electron chi connectivity index (χ2n) is 4.52. The van der Waals surface area contributed by atoms with Crippen LogP contribution < -0.4 is 15.8 Å². The molecule has 0 aliphatic rings. The number of carboxylic acid groups (broad SMARTS) is 1. The molecule has 0 aliphatic heterocycles. The summed E-state index contributed by atoms with van der Waals surface area (Å²) in [5, 5.41) is 18.6.